The van der Waals surface area contributed by atoms with E-state index >= 15 is 0 Å². The summed E-state index contributed by atoms with van der Waals surface area (Å²) in [6.07, 6.45) is -4.97. The summed E-state index contributed by atoms with van der Waals surface area (Å²) in [5.41, 5.74) is 2.17. The number of carbonyl (C=O) groups is 1. The highest BCUT2D eigenvalue weighted by atomic mass is 32.2. The van der Waals surface area contributed by atoms with E-state index in [4.69, 9.17) is 5.73 Å². The standard InChI is InChI=1S/C23H26F3N3O3S/c1-4-33(32)19-10-14-9-15(29-18(14)12-28-19)11-22(31,23(24,25)26)13-21(2,3)17-8-6-5-7-16(17)20(27)30/h5-10,12,29,31H,4,11,13H2,1-3H3,(H2,27,30). The number of rotatable bonds is 8. The van der Waals surface area contributed by atoms with Gasteiger partial charge in [-0.1, -0.05) is 39.0 Å². The number of benzene rings is 1. The summed E-state index contributed by atoms with van der Waals surface area (Å²) in [7, 11) is -1.30. The van der Waals surface area contributed by atoms with Crippen LogP contribution in [0.15, 0.2) is 47.6 Å². The van der Waals surface area contributed by atoms with Crippen LogP contribution in [0.4, 0.5) is 13.2 Å². The van der Waals surface area contributed by atoms with Gasteiger partial charge in [0.05, 0.1) is 22.5 Å². The summed E-state index contributed by atoms with van der Waals surface area (Å²) in [4.78, 5) is 18.8. The van der Waals surface area contributed by atoms with Crippen molar-refractivity contribution in [2.75, 3.05) is 5.75 Å². The van der Waals surface area contributed by atoms with E-state index in [1.54, 1.807) is 31.2 Å². The van der Waals surface area contributed by atoms with E-state index < -0.39 is 46.7 Å². The molecule has 0 fully saturated rings. The summed E-state index contributed by atoms with van der Waals surface area (Å²) in [6.45, 7) is 4.81. The second-order valence-electron chi connectivity index (χ2n) is 8.72. The SMILES string of the molecule is CCS(=O)c1cc2cc(CC(O)(CC(C)(C)c3ccccc3C(N)=O)C(F)(F)F)[nH]c2cn1. The van der Waals surface area contributed by atoms with Crippen molar-refractivity contribution in [3.63, 3.8) is 0 Å². The number of hydrogen-bond acceptors (Lipinski definition) is 4. The quantitative estimate of drug-likeness (QED) is 0.452. The van der Waals surface area contributed by atoms with Crippen LogP contribution in [0.3, 0.4) is 0 Å². The van der Waals surface area contributed by atoms with Crippen LogP contribution in [-0.2, 0) is 22.6 Å². The van der Waals surface area contributed by atoms with Gasteiger partial charge in [-0.05, 0) is 35.6 Å². The van der Waals surface area contributed by atoms with Crippen molar-refractivity contribution in [3.8, 4) is 0 Å². The van der Waals surface area contributed by atoms with E-state index in [2.05, 4.69) is 9.97 Å². The molecule has 0 bridgehead atoms. The highest BCUT2D eigenvalue weighted by molar-refractivity contribution is 7.84. The average Bonchev–Trinajstić information content (AvgIpc) is 3.12. The molecule has 6 nitrogen and oxygen atoms in total. The minimum Gasteiger partial charge on any atom is -0.380 e. The summed E-state index contributed by atoms with van der Waals surface area (Å²) >= 11 is 0. The Hall–Kier alpha value is -2.72. The molecular weight excluding hydrogens is 455 g/mol. The van der Waals surface area contributed by atoms with Crippen LogP contribution in [0.1, 0.15) is 48.8 Å². The highest BCUT2D eigenvalue weighted by Gasteiger charge is 2.56. The maximum Gasteiger partial charge on any atom is 0.417 e. The predicted molar refractivity (Wildman–Crippen MR) is 120 cm³/mol. The monoisotopic (exact) mass is 481 g/mol. The van der Waals surface area contributed by atoms with Gasteiger partial charge in [-0.3, -0.25) is 9.00 Å². The fraction of sp³-hybridized carbons (Fsp3) is 0.391. The summed E-state index contributed by atoms with van der Waals surface area (Å²) < 4.78 is 54.5. The molecule has 2 atom stereocenters. The van der Waals surface area contributed by atoms with Crippen molar-refractivity contribution in [1.29, 1.82) is 0 Å². The molecule has 2 aromatic heterocycles. The summed E-state index contributed by atoms with van der Waals surface area (Å²) in [5.74, 6) is -0.386. The van der Waals surface area contributed by atoms with Crippen molar-refractivity contribution in [2.45, 2.75) is 55.8 Å². The lowest BCUT2D eigenvalue weighted by Gasteiger charge is -2.38. The van der Waals surface area contributed by atoms with Crippen LogP contribution in [-0.4, -0.2) is 42.7 Å². The van der Waals surface area contributed by atoms with Crippen molar-refractivity contribution in [1.82, 2.24) is 9.97 Å². The van der Waals surface area contributed by atoms with Crippen LogP contribution >= 0.6 is 0 Å². The number of nitrogens with zero attached hydrogens (tertiary/aromatic N) is 1. The number of carbonyl (C=O) groups excluding carboxylic acids is 1. The Bertz CT molecular complexity index is 1210. The summed E-state index contributed by atoms with van der Waals surface area (Å²) in [5, 5.41) is 11.8. The number of pyridine rings is 1. The zero-order valence-corrected chi connectivity index (χ0v) is 19.3. The van der Waals surface area contributed by atoms with Gasteiger partial charge in [-0.25, -0.2) is 4.98 Å². The zero-order valence-electron chi connectivity index (χ0n) is 18.5. The molecular formula is C23H26F3N3O3S. The van der Waals surface area contributed by atoms with Crippen LogP contribution in [0.5, 0.6) is 0 Å². The Morgan fingerprint density at radius 2 is 1.88 bits per heavy atom. The van der Waals surface area contributed by atoms with Crippen molar-refractivity contribution in [3.05, 3.63) is 59.4 Å². The number of primary amides is 1. The number of nitrogens with two attached hydrogens (primary N) is 1. The number of fused-ring (bicyclic) bond motifs is 1. The zero-order chi connectivity index (χ0) is 24.6. The molecule has 33 heavy (non-hydrogen) atoms. The van der Waals surface area contributed by atoms with Gasteiger partial charge in [0.25, 0.3) is 0 Å². The lowest BCUT2D eigenvalue weighted by molar-refractivity contribution is -0.266. The molecule has 0 aliphatic rings. The molecule has 0 saturated carbocycles. The number of aromatic amines is 1. The number of hydrogen-bond donors (Lipinski definition) is 3. The molecule has 4 N–H and O–H groups in total. The molecule has 0 spiro atoms. The maximum atomic E-state index is 14.2. The van der Waals surface area contributed by atoms with Crippen LogP contribution in [0.25, 0.3) is 10.9 Å². The number of H-pyrrole nitrogens is 1. The lowest BCUT2D eigenvalue weighted by Crippen LogP contribution is -2.51. The average molecular weight is 482 g/mol. The van der Waals surface area contributed by atoms with E-state index in [0.29, 0.717) is 27.2 Å². The molecule has 10 heteroatoms. The number of halogens is 3. The Morgan fingerprint density at radius 3 is 2.48 bits per heavy atom. The van der Waals surface area contributed by atoms with Gasteiger partial charge < -0.3 is 15.8 Å². The smallest absolute Gasteiger partial charge is 0.380 e. The molecule has 2 heterocycles. The molecule has 0 saturated heterocycles. The van der Waals surface area contributed by atoms with Gasteiger partial charge in [-0.15, -0.1) is 0 Å². The molecule has 1 aromatic carbocycles. The van der Waals surface area contributed by atoms with E-state index in [9.17, 15) is 27.3 Å². The van der Waals surface area contributed by atoms with Crippen LogP contribution < -0.4 is 5.73 Å². The summed E-state index contributed by atoms with van der Waals surface area (Å²) in [6, 6.07) is 9.24. The van der Waals surface area contributed by atoms with Crippen LogP contribution in [0.2, 0.25) is 0 Å². The van der Waals surface area contributed by atoms with Crippen molar-refractivity contribution < 1.29 is 27.3 Å². The molecule has 3 rings (SSSR count). The Morgan fingerprint density at radius 1 is 1.21 bits per heavy atom. The van der Waals surface area contributed by atoms with Crippen molar-refractivity contribution >= 4 is 27.6 Å². The van der Waals surface area contributed by atoms with Crippen molar-refractivity contribution in [2.24, 2.45) is 5.73 Å². The molecule has 2 unspecified atom stereocenters. The van der Waals surface area contributed by atoms with Gasteiger partial charge in [0, 0.05) is 28.8 Å². The van der Waals surface area contributed by atoms with E-state index in [-0.39, 0.29) is 11.3 Å². The molecule has 0 radical (unpaired) electrons. The number of aliphatic hydroxyl groups is 1. The fourth-order valence-electron chi connectivity index (χ4n) is 4.13. The molecule has 0 aliphatic heterocycles. The maximum absolute atomic E-state index is 14.2. The van der Waals surface area contributed by atoms with E-state index in [0.717, 1.165) is 0 Å². The molecule has 178 valence electrons. The minimum absolute atomic E-state index is 0.111. The third-order valence-corrected chi connectivity index (χ3v) is 6.91. The molecule has 3 aromatic rings. The predicted octanol–water partition coefficient (Wildman–Crippen LogP) is 3.99. The molecule has 0 aliphatic carbocycles. The Kier molecular flexibility index (Phi) is 6.72. The van der Waals surface area contributed by atoms with E-state index in [1.807, 2.05) is 0 Å². The highest BCUT2D eigenvalue weighted by Crippen LogP contribution is 2.43. The first kappa shape index (κ1) is 24.9. The fourth-order valence-corrected chi connectivity index (χ4v) is 4.86. The normalized spacial score (nSPS) is 15.4. The number of nitrogens with one attached hydrogen (secondary N) is 1. The third kappa shape index (κ3) is 5.11. The number of aromatic nitrogens is 2. The van der Waals surface area contributed by atoms with Crippen LogP contribution in [0, 0.1) is 0 Å². The first-order chi connectivity index (χ1) is 15.3. The van der Waals surface area contributed by atoms with Gasteiger partial charge in [-0.2, -0.15) is 13.2 Å². The minimum atomic E-state index is -4.95. The molecule has 1 amide bonds. The van der Waals surface area contributed by atoms with Gasteiger partial charge >= 0.3 is 6.18 Å². The Balaban J connectivity index is 1.99. The second kappa shape index (κ2) is 8.90. The number of amides is 1. The first-order valence-corrected chi connectivity index (χ1v) is 11.6. The van der Waals surface area contributed by atoms with Gasteiger partial charge in [0.15, 0.2) is 5.60 Å². The van der Waals surface area contributed by atoms with Gasteiger partial charge in [0.1, 0.15) is 5.03 Å². The van der Waals surface area contributed by atoms with E-state index in [1.165, 1.54) is 32.2 Å². The number of alkyl halides is 3. The lowest BCUT2D eigenvalue weighted by atomic mass is 9.72. The third-order valence-electron chi connectivity index (χ3n) is 5.70. The largest absolute Gasteiger partial charge is 0.417 e. The van der Waals surface area contributed by atoms with Gasteiger partial charge in [0.2, 0.25) is 5.91 Å². The second-order valence-corrected chi connectivity index (χ2v) is 10.4. The Labute approximate surface area is 191 Å². The topological polar surface area (TPSA) is 109 Å². The first-order valence-electron chi connectivity index (χ1n) is 10.3.